The van der Waals surface area contributed by atoms with E-state index in [1.165, 1.54) is 135 Å². The topological polar surface area (TPSA) is 26.3 Å². The van der Waals surface area contributed by atoms with Gasteiger partial charge in [-0.2, -0.15) is 0 Å². The minimum absolute atomic E-state index is 0.0414. The molecule has 2 unspecified atom stereocenters. The van der Waals surface area contributed by atoms with Crippen molar-refractivity contribution < 1.29 is 9.53 Å². The van der Waals surface area contributed by atoms with E-state index in [2.05, 4.69) is 27.7 Å². The molecule has 0 fully saturated rings. The van der Waals surface area contributed by atoms with Crippen LogP contribution in [0.25, 0.3) is 0 Å². The molecular formula is C31H62O2. The zero-order chi connectivity index (χ0) is 24.4. The van der Waals surface area contributed by atoms with Crippen LogP contribution in [0.3, 0.4) is 0 Å². The standard InChI is InChI=1S/C31H62O2/c1-5-8-11-14-15-16-17-18-19-20-21-24-27-30(26-23-13-10-7-3)28-33-31(32)29(4)25-22-12-9-6-2/h29-30H,5-28H2,1-4H3. The summed E-state index contributed by atoms with van der Waals surface area (Å²) < 4.78 is 5.80. The Kier molecular flexibility index (Phi) is 25.7. The Bertz CT molecular complexity index is 392. The second kappa shape index (κ2) is 26.1. The van der Waals surface area contributed by atoms with Crippen LogP contribution in [0.4, 0.5) is 0 Å². The van der Waals surface area contributed by atoms with Crippen LogP contribution in [0.1, 0.15) is 175 Å². The molecule has 0 N–H and O–H groups in total. The van der Waals surface area contributed by atoms with Gasteiger partial charge in [0.05, 0.1) is 12.5 Å². The fraction of sp³-hybridized carbons (Fsp3) is 0.968. The fourth-order valence-corrected chi connectivity index (χ4v) is 4.78. The molecule has 198 valence electrons. The number of carbonyl (C=O) groups excluding carboxylic acids is 1. The molecule has 0 aliphatic rings. The van der Waals surface area contributed by atoms with E-state index in [1.54, 1.807) is 0 Å². The maximum atomic E-state index is 12.4. The van der Waals surface area contributed by atoms with Gasteiger partial charge >= 0.3 is 5.97 Å². The van der Waals surface area contributed by atoms with Gasteiger partial charge in [-0.1, -0.05) is 156 Å². The maximum absolute atomic E-state index is 12.4. The Morgan fingerprint density at radius 2 is 0.848 bits per heavy atom. The third kappa shape index (κ3) is 23.0. The molecule has 0 radical (unpaired) electrons. The summed E-state index contributed by atoms with van der Waals surface area (Å²) in [6.07, 6.45) is 30.4. The highest BCUT2D eigenvalue weighted by molar-refractivity contribution is 5.71. The van der Waals surface area contributed by atoms with Gasteiger partial charge in [0, 0.05) is 0 Å². The Morgan fingerprint density at radius 3 is 1.27 bits per heavy atom. The summed E-state index contributed by atoms with van der Waals surface area (Å²) in [7, 11) is 0. The lowest BCUT2D eigenvalue weighted by Gasteiger charge is -2.19. The molecule has 0 amide bonds. The molecular weight excluding hydrogens is 404 g/mol. The second-order valence-electron chi connectivity index (χ2n) is 10.8. The summed E-state index contributed by atoms with van der Waals surface area (Å²) in [6.45, 7) is 9.50. The Hall–Kier alpha value is -0.530. The lowest BCUT2D eigenvalue weighted by molar-refractivity contribution is -0.149. The fourth-order valence-electron chi connectivity index (χ4n) is 4.78. The van der Waals surface area contributed by atoms with Gasteiger partial charge in [0.2, 0.25) is 0 Å². The molecule has 0 spiro atoms. The smallest absolute Gasteiger partial charge is 0.308 e. The average Bonchev–Trinajstić information content (AvgIpc) is 2.82. The monoisotopic (exact) mass is 466 g/mol. The van der Waals surface area contributed by atoms with Crippen molar-refractivity contribution in [2.24, 2.45) is 11.8 Å². The normalized spacial score (nSPS) is 13.2. The Balaban J connectivity index is 3.95. The van der Waals surface area contributed by atoms with Gasteiger partial charge in [0.15, 0.2) is 0 Å². The van der Waals surface area contributed by atoms with Crippen molar-refractivity contribution >= 4 is 5.97 Å². The highest BCUT2D eigenvalue weighted by atomic mass is 16.5. The van der Waals surface area contributed by atoms with Crippen molar-refractivity contribution in [3.05, 3.63) is 0 Å². The van der Waals surface area contributed by atoms with E-state index in [0.29, 0.717) is 12.5 Å². The summed E-state index contributed by atoms with van der Waals surface area (Å²) in [5, 5.41) is 0. The third-order valence-electron chi connectivity index (χ3n) is 7.29. The van der Waals surface area contributed by atoms with Crippen molar-refractivity contribution in [2.75, 3.05) is 6.61 Å². The lowest BCUT2D eigenvalue weighted by atomic mass is 9.94. The molecule has 2 heteroatoms. The first-order valence-electron chi connectivity index (χ1n) is 15.3. The zero-order valence-electron chi connectivity index (χ0n) is 23.4. The third-order valence-corrected chi connectivity index (χ3v) is 7.29. The molecule has 0 aliphatic carbocycles. The molecule has 0 bridgehead atoms. The summed E-state index contributed by atoms with van der Waals surface area (Å²) in [4.78, 5) is 12.4. The second-order valence-corrected chi connectivity index (χ2v) is 10.8. The van der Waals surface area contributed by atoms with Crippen LogP contribution in [-0.4, -0.2) is 12.6 Å². The molecule has 0 aromatic rings. The minimum atomic E-state index is 0.0414. The van der Waals surface area contributed by atoms with Gasteiger partial charge in [-0.15, -0.1) is 0 Å². The highest BCUT2D eigenvalue weighted by Gasteiger charge is 2.17. The molecule has 0 saturated carbocycles. The summed E-state index contributed by atoms with van der Waals surface area (Å²) in [6, 6.07) is 0. The first-order valence-corrected chi connectivity index (χ1v) is 15.3. The van der Waals surface area contributed by atoms with Gasteiger partial charge in [-0.25, -0.2) is 0 Å². The van der Waals surface area contributed by atoms with E-state index >= 15 is 0 Å². The summed E-state index contributed by atoms with van der Waals surface area (Å²) >= 11 is 0. The number of hydrogen-bond acceptors (Lipinski definition) is 2. The van der Waals surface area contributed by atoms with Crippen LogP contribution >= 0.6 is 0 Å². The molecule has 0 aliphatic heterocycles. The van der Waals surface area contributed by atoms with E-state index in [9.17, 15) is 4.79 Å². The molecule has 0 saturated heterocycles. The molecule has 2 atom stereocenters. The molecule has 0 aromatic heterocycles. The van der Waals surface area contributed by atoms with E-state index in [1.807, 2.05) is 0 Å². The zero-order valence-corrected chi connectivity index (χ0v) is 23.4. The van der Waals surface area contributed by atoms with E-state index < -0.39 is 0 Å². The lowest BCUT2D eigenvalue weighted by Crippen LogP contribution is -2.20. The van der Waals surface area contributed by atoms with Crippen molar-refractivity contribution in [2.45, 2.75) is 175 Å². The van der Waals surface area contributed by atoms with Crippen molar-refractivity contribution in [3.8, 4) is 0 Å². The van der Waals surface area contributed by atoms with E-state index in [0.717, 1.165) is 12.8 Å². The van der Waals surface area contributed by atoms with Crippen LogP contribution < -0.4 is 0 Å². The predicted octanol–water partition coefficient (Wildman–Crippen LogP) is 10.8. The van der Waals surface area contributed by atoms with Gasteiger partial charge in [0.1, 0.15) is 0 Å². The summed E-state index contributed by atoms with van der Waals surface area (Å²) in [5.41, 5.74) is 0. The maximum Gasteiger partial charge on any atom is 0.308 e. The number of unbranched alkanes of at least 4 members (excludes halogenated alkanes) is 17. The molecule has 0 aromatic carbocycles. The highest BCUT2D eigenvalue weighted by Crippen LogP contribution is 2.21. The Labute approximate surface area is 209 Å². The van der Waals surface area contributed by atoms with Crippen LogP contribution in [0.5, 0.6) is 0 Å². The first-order chi connectivity index (χ1) is 16.2. The first kappa shape index (κ1) is 32.5. The quantitative estimate of drug-likeness (QED) is 0.0935. The van der Waals surface area contributed by atoms with Gasteiger partial charge < -0.3 is 4.74 Å². The Morgan fingerprint density at radius 1 is 0.515 bits per heavy atom. The van der Waals surface area contributed by atoms with Gasteiger partial charge in [-0.3, -0.25) is 4.79 Å². The van der Waals surface area contributed by atoms with Gasteiger partial charge in [-0.05, 0) is 25.2 Å². The average molecular weight is 467 g/mol. The number of ether oxygens (including phenoxy) is 1. The van der Waals surface area contributed by atoms with Crippen molar-refractivity contribution in [3.63, 3.8) is 0 Å². The van der Waals surface area contributed by atoms with Crippen molar-refractivity contribution in [1.29, 1.82) is 0 Å². The molecule has 0 heterocycles. The summed E-state index contributed by atoms with van der Waals surface area (Å²) in [5.74, 6) is 0.676. The minimum Gasteiger partial charge on any atom is -0.465 e. The molecule has 2 nitrogen and oxygen atoms in total. The number of esters is 1. The molecule has 33 heavy (non-hydrogen) atoms. The largest absolute Gasteiger partial charge is 0.465 e. The van der Waals surface area contributed by atoms with Crippen LogP contribution in [0, 0.1) is 11.8 Å². The molecule has 0 rings (SSSR count). The van der Waals surface area contributed by atoms with Crippen LogP contribution in [0.2, 0.25) is 0 Å². The van der Waals surface area contributed by atoms with Crippen molar-refractivity contribution in [1.82, 2.24) is 0 Å². The SMILES string of the molecule is CCCCCCCCCCCCCCC(CCCCCC)COC(=O)C(C)CCCCCC. The number of carbonyl (C=O) groups is 1. The van der Waals surface area contributed by atoms with E-state index in [-0.39, 0.29) is 11.9 Å². The number of hydrogen-bond donors (Lipinski definition) is 0. The van der Waals surface area contributed by atoms with Gasteiger partial charge in [0.25, 0.3) is 0 Å². The number of rotatable bonds is 26. The van der Waals surface area contributed by atoms with E-state index in [4.69, 9.17) is 4.74 Å². The van der Waals surface area contributed by atoms with Crippen LogP contribution in [0.15, 0.2) is 0 Å². The predicted molar refractivity (Wildman–Crippen MR) is 147 cm³/mol. The van der Waals surface area contributed by atoms with Crippen LogP contribution in [-0.2, 0) is 9.53 Å².